The van der Waals surface area contributed by atoms with Crippen molar-refractivity contribution in [1.82, 2.24) is 15.2 Å². The molecule has 6 unspecified atom stereocenters. The van der Waals surface area contributed by atoms with Crippen LogP contribution in [-0.2, 0) is 53.8 Å². The topological polar surface area (TPSA) is 184 Å². The van der Waals surface area contributed by atoms with Gasteiger partial charge in [0.15, 0.2) is 11.5 Å². The van der Waals surface area contributed by atoms with Crippen LogP contribution in [0.15, 0.2) is 120 Å². The van der Waals surface area contributed by atoms with Gasteiger partial charge in [-0.15, -0.1) is 0 Å². The van der Waals surface area contributed by atoms with Crippen LogP contribution in [-0.4, -0.2) is 80.9 Å². The van der Waals surface area contributed by atoms with Crippen LogP contribution in [0.5, 0.6) is 23.0 Å². The Hall–Kier alpha value is -6.56. The SMILES string of the molecule is CNCC1=C2C#CC(CCc3ccc(O)c(Cc4cccc(O)c4)c3)CCCC3CC(O)CCc4cc(c(O)cc4CO)OCc4cc(C56CCOC7(CCCCC7)C5CCc5ccccc56)cc5cn(cc45)C(=C2CO3)NC1N. The monoisotopic (exact) mass is 1080 g/mol. The molecule has 6 bridgehead atoms. The number of aromatic hydroxyl groups is 3. The first kappa shape index (κ1) is 54.0. The summed E-state index contributed by atoms with van der Waals surface area (Å²) >= 11 is 0. The zero-order valence-corrected chi connectivity index (χ0v) is 46.2. The van der Waals surface area contributed by atoms with Crippen LogP contribution < -0.4 is 21.1 Å². The highest BCUT2D eigenvalue weighted by atomic mass is 16.5. The zero-order chi connectivity index (χ0) is 55.0. The number of aryl methyl sites for hydroxylation is 3. The van der Waals surface area contributed by atoms with Gasteiger partial charge in [0.2, 0.25) is 0 Å². The van der Waals surface area contributed by atoms with Gasteiger partial charge in [-0.25, -0.2) is 0 Å². The van der Waals surface area contributed by atoms with Gasteiger partial charge in [0.25, 0.3) is 0 Å². The molecule has 1 saturated carbocycles. The summed E-state index contributed by atoms with van der Waals surface area (Å²) in [5.74, 6) is 9.36. The summed E-state index contributed by atoms with van der Waals surface area (Å²) in [4.78, 5) is 0. The maximum Gasteiger partial charge on any atom is 0.161 e. The molecule has 418 valence electrons. The number of hydrogen-bond donors (Lipinski definition) is 8. The van der Waals surface area contributed by atoms with Gasteiger partial charge in [-0.3, -0.25) is 0 Å². The molecule has 2 fully saturated rings. The molecule has 6 aliphatic rings. The van der Waals surface area contributed by atoms with E-state index in [-0.39, 0.29) is 66.0 Å². The average molecular weight is 1080 g/mol. The molecule has 5 heterocycles. The Labute approximate surface area is 470 Å². The third-order valence-corrected chi connectivity index (χ3v) is 18.9. The van der Waals surface area contributed by atoms with Gasteiger partial charge in [-0.05, 0) is 183 Å². The standard InChI is InChI=1S/C68H78N4O8/c1-70-37-57-56-22-17-43(15-16-44-18-23-61(76)48(29-44)30-45-10-7-12-53(74)31-45)9-8-13-55-36-54(75)21-19-47-35-63(62(77)34-50(47)40-73)79-41-51-33-52(32-49-38-72(39-58(49)51)66(71-65(57)69)59(56)42-78-55)68-27-28-80-67(25-5-2-6-26-67)64(68)24-20-46-11-3-4-14-60(46)68/h3-4,7,10-12,14,18,23,29,31-35,38-39,43,54-55,64-65,70-71,73-77H,2,5-6,8-9,13,15-16,19-21,24-28,30,36-37,40-42,69H2,1H3. The Morgan fingerprint density at radius 2 is 1.66 bits per heavy atom. The molecule has 1 saturated heterocycles. The summed E-state index contributed by atoms with van der Waals surface area (Å²) < 4.78 is 23.1. The number of nitrogens with zero attached hydrogens (tertiary/aromatic N) is 1. The minimum Gasteiger partial charge on any atom is -0.508 e. The molecule has 0 amide bonds. The lowest BCUT2D eigenvalue weighted by atomic mass is 9.51. The number of ether oxygens (including phenoxy) is 3. The average Bonchev–Trinajstić information content (AvgIpc) is 2.64. The van der Waals surface area contributed by atoms with E-state index in [1.165, 1.54) is 36.0 Å². The fourth-order valence-electron chi connectivity index (χ4n) is 14.9. The zero-order valence-electron chi connectivity index (χ0n) is 46.2. The molecule has 6 aromatic rings. The molecular formula is C68H78N4O8. The molecule has 6 atom stereocenters. The fourth-order valence-corrected chi connectivity index (χ4v) is 14.9. The van der Waals surface area contributed by atoms with E-state index in [2.05, 4.69) is 81.9 Å². The van der Waals surface area contributed by atoms with E-state index in [1.807, 2.05) is 31.3 Å². The smallest absolute Gasteiger partial charge is 0.161 e. The number of fused-ring (bicyclic) bond motifs is 10. The molecule has 9 N–H and O–H groups in total. The third-order valence-electron chi connectivity index (χ3n) is 18.9. The maximum atomic E-state index is 11.9. The van der Waals surface area contributed by atoms with E-state index >= 15 is 0 Å². The summed E-state index contributed by atoms with van der Waals surface area (Å²) in [7, 11) is 1.93. The van der Waals surface area contributed by atoms with E-state index in [1.54, 1.807) is 24.3 Å². The van der Waals surface area contributed by atoms with Crippen LogP contribution in [0.1, 0.15) is 134 Å². The first-order valence-corrected chi connectivity index (χ1v) is 29.5. The lowest BCUT2D eigenvalue weighted by Crippen LogP contribution is -2.59. The number of rotatable bonds is 9. The largest absolute Gasteiger partial charge is 0.508 e. The van der Waals surface area contributed by atoms with Crippen LogP contribution in [0.2, 0.25) is 0 Å². The van der Waals surface area contributed by atoms with E-state index < -0.39 is 12.3 Å². The van der Waals surface area contributed by atoms with Crippen molar-refractivity contribution in [3.05, 3.63) is 170 Å². The number of nitrogens with one attached hydrogen (secondary N) is 2. The molecule has 12 nitrogen and oxygen atoms in total. The lowest BCUT2D eigenvalue weighted by Gasteiger charge is -2.59. The number of nitrogens with two attached hydrogens (primary N) is 1. The molecule has 0 radical (unpaired) electrons. The summed E-state index contributed by atoms with van der Waals surface area (Å²) in [5.41, 5.74) is 18.7. The van der Waals surface area contributed by atoms with Crippen molar-refractivity contribution in [3.63, 3.8) is 0 Å². The Balaban J connectivity index is 0.994. The number of likely N-dealkylation sites (N-methyl/N-ethyl adjacent to an activating group) is 1. The first-order chi connectivity index (χ1) is 39.0. The molecule has 12 rings (SSSR count). The van der Waals surface area contributed by atoms with Gasteiger partial charge >= 0.3 is 0 Å². The van der Waals surface area contributed by atoms with Crippen molar-refractivity contribution >= 4 is 16.6 Å². The van der Waals surface area contributed by atoms with Crippen molar-refractivity contribution < 1.29 is 39.7 Å². The van der Waals surface area contributed by atoms with Gasteiger partial charge in [0.1, 0.15) is 30.1 Å². The highest BCUT2D eigenvalue weighted by molar-refractivity contribution is 5.89. The summed E-state index contributed by atoms with van der Waals surface area (Å²) in [6, 6.07) is 30.4. The molecule has 5 aromatic carbocycles. The van der Waals surface area contributed by atoms with Crippen molar-refractivity contribution in [2.24, 2.45) is 17.6 Å². The van der Waals surface area contributed by atoms with Crippen LogP contribution in [0.4, 0.5) is 0 Å². The second-order valence-electron chi connectivity index (χ2n) is 23.8. The second-order valence-corrected chi connectivity index (χ2v) is 23.8. The number of aliphatic hydroxyl groups excluding tert-OH is 2. The molecule has 1 spiro atoms. The molecule has 80 heavy (non-hydrogen) atoms. The Kier molecular flexibility index (Phi) is 15.6. The predicted molar refractivity (Wildman–Crippen MR) is 312 cm³/mol. The van der Waals surface area contributed by atoms with Gasteiger partial charge in [-0.2, -0.15) is 0 Å². The second kappa shape index (κ2) is 23.1. The van der Waals surface area contributed by atoms with Crippen LogP contribution in [0.3, 0.4) is 0 Å². The minimum absolute atomic E-state index is 0.0181. The van der Waals surface area contributed by atoms with Crippen molar-refractivity contribution in [1.29, 1.82) is 0 Å². The van der Waals surface area contributed by atoms with Gasteiger partial charge in [0, 0.05) is 71.1 Å². The molecular weight excluding hydrogens is 1000 g/mol. The number of phenols is 3. The van der Waals surface area contributed by atoms with E-state index in [0.29, 0.717) is 50.1 Å². The normalized spacial score (nSPS) is 24.9. The van der Waals surface area contributed by atoms with E-state index in [9.17, 15) is 25.5 Å². The number of phenolic OH excluding ortho intramolecular Hbond substituents is 3. The summed E-state index contributed by atoms with van der Waals surface area (Å²) in [5, 5.41) is 64.3. The molecule has 1 aromatic heterocycles. The predicted octanol–water partition coefficient (Wildman–Crippen LogP) is 10.5. The van der Waals surface area contributed by atoms with Crippen molar-refractivity contribution in [2.45, 2.75) is 152 Å². The van der Waals surface area contributed by atoms with Gasteiger partial charge in [-0.1, -0.05) is 85.7 Å². The highest BCUT2D eigenvalue weighted by Gasteiger charge is 2.58. The number of dihydropyridines is 1. The van der Waals surface area contributed by atoms with Crippen molar-refractivity contribution in [2.75, 3.05) is 26.8 Å². The number of aliphatic hydroxyl groups is 2. The van der Waals surface area contributed by atoms with Gasteiger partial charge < -0.3 is 60.7 Å². The lowest BCUT2D eigenvalue weighted by molar-refractivity contribution is -0.166. The van der Waals surface area contributed by atoms with Gasteiger partial charge in [0.05, 0.1) is 31.0 Å². The number of benzene rings is 5. The molecule has 12 heteroatoms. The fraction of sp³-hybridized carbons (Fsp3) is 0.441. The number of aromatic nitrogens is 1. The summed E-state index contributed by atoms with van der Waals surface area (Å²) in [6.07, 6.45) is 17.2. The third kappa shape index (κ3) is 10.6. The first-order valence-electron chi connectivity index (χ1n) is 29.5. The van der Waals surface area contributed by atoms with Crippen LogP contribution in [0, 0.1) is 23.7 Å². The van der Waals surface area contributed by atoms with Crippen LogP contribution >= 0.6 is 0 Å². The Morgan fingerprint density at radius 3 is 2.51 bits per heavy atom. The van der Waals surface area contributed by atoms with E-state index in [0.717, 1.165) is 125 Å². The highest BCUT2D eigenvalue weighted by Crippen LogP contribution is 2.60. The van der Waals surface area contributed by atoms with Crippen molar-refractivity contribution in [3.8, 4) is 34.8 Å². The quantitative estimate of drug-likeness (QED) is 0.0645. The Bertz CT molecular complexity index is 3390. The maximum absolute atomic E-state index is 11.9. The molecule has 2 aliphatic carbocycles. The van der Waals surface area contributed by atoms with Crippen LogP contribution in [0.25, 0.3) is 16.6 Å². The van der Waals surface area contributed by atoms with E-state index in [4.69, 9.17) is 19.9 Å². The number of hydrogen-bond acceptors (Lipinski definition) is 11. The Morgan fingerprint density at radius 1 is 0.800 bits per heavy atom. The summed E-state index contributed by atoms with van der Waals surface area (Å²) in [6.45, 7) is 1.34. The minimum atomic E-state index is -0.709. The molecule has 4 aliphatic heterocycles.